The van der Waals surface area contributed by atoms with Crippen LogP contribution >= 0.6 is 22.6 Å². The molecule has 0 radical (unpaired) electrons. The van der Waals surface area contributed by atoms with E-state index in [4.69, 9.17) is 0 Å². The molecule has 0 aliphatic rings. The molecule has 0 N–H and O–H groups in total. The van der Waals surface area contributed by atoms with Crippen LogP contribution in [0.25, 0.3) is 0 Å². The molecule has 0 saturated carbocycles. The molecule has 2 nitrogen and oxygen atoms in total. The van der Waals surface area contributed by atoms with Crippen LogP contribution in [-0.4, -0.2) is 9.97 Å². The van der Waals surface area contributed by atoms with Crippen molar-refractivity contribution in [3.05, 3.63) is 21.3 Å². The largest absolute Gasteiger partial charge is 0.238 e. The van der Waals surface area contributed by atoms with E-state index in [1.165, 1.54) is 0 Å². The van der Waals surface area contributed by atoms with E-state index in [1.807, 2.05) is 13.0 Å². The quantitative estimate of drug-likeness (QED) is 0.574. The molecule has 1 aromatic rings. The molecule has 0 aromatic carbocycles. The molecule has 1 heterocycles. The van der Waals surface area contributed by atoms with E-state index in [9.17, 15) is 0 Å². The Morgan fingerprint density at radius 3 is 2.45 bits per heavy atom. The van der Waals surface area contributed by atoms with Crippen molar-refractivity contribution in [1.82, 2.24) is 9.97 Å². The number of hydrogen-bond acceptors (Lipinski definition) is 2. The summed E-state index contributed by atoms with van der Waals surface area (Å²) in [6, 6.07) is 1.98. The van der Waals surface area contributed by atoms with Gasteiger partial charge in [-0.2, -0.15) is 0 Å². The average molecular weight is 262 g/mol. The number of hydrogen-bond donors (Lipinski definition) is 0. The summed E-state index contributed by atoms with van der Waals surface area (Å²) in [5, 5.41) is 0. The molecule has 0 bridgehead atoms. The summed E-state index contributed by atoms with van der Waals surface area (Å²) < 4.78 is 1.03. The summed E-state index contributed by atoms with van der Waals surface area (Å²) in [5.74, 6) is 1.36. The van der Waals surface area contributed by atoms with E-state index in [2.05, 4.69) is 46.4 Å². The summed E-state index contributed by atoms with van der Waals surface area (Å²) in [5.41, 5.74) is 1.05. The van der Waals surface area contributed by atoms with E-state index in [-0.39, 0.29) is 0 Å². The Balaban J connectivity index is 3.08. The predicted molar refractivity (Wildman–Crippen MR) is 53.6 cm³/mol. The van der Waals surface area contributed by atoms with Crippen molar-refractivity contribution in [2.75, 3.05) is 0 Å². The second kappa shape index (κ2) is 3.47. The van der Waals surface area contributed by atoms with Crippen LogP contribution in [0.4, 0.5) is 0 Å². The highest BCUT2D eigenvalue weighted by molar-refractivity contribution is 14.1. The Morgan fingerprint density at radius 2 is 2.00 bits per heavy atom. The molecule has 0 aliphatic carbocycles. The monoisotopic (exact) mass is 262 g/mol. The lowest BCUT2D eigenvalue weighted by molar-refractivity contribution is 0.760. The van der Waals surface area contributed by atoms with Crippen LogP contribution in [0, 0.1) is 10.6 Å². The molecule has 3 heteroatoms. The Labute approximate surface area is 80.6 Å². The van der Waals surface area contributed by atoms with E-state index in [1.54, 1.807) is 0 Å². The lowest BCUT2D eigenvalue weighted by Crippen LogP contribution is -2.00. The van der Waals surface area contributed by atoms with Crippen molar-refractivity contribution in [3.8, 4) is 0 Å². The lowest BCUT2D eigenvalue weighted by Gasteiger charge is -2.03. The van der Waals surface area contributed by atoms with Gasteiger partial charge in [0, 0.05) is 11.6 Å². The fourth-order valence-corrected chi connectivity index (χ4v) is 1.51. The SMILES string of the molecule is Cc1cc(I)nc(C(C)C)n1. The van der Waals surface area contributed by atoms with Crippen LogP contribution in [0.5, 0.6) is 0 Å². The van der Waals surface area contributed by atoms with Gasteiger partial charge in [0.25, 0.3) is 0 Å². The van der Waals surface area contributed by atoms with Gasteiger partial charge in [0.2, 0.25) is 0 Å². The second-order valence-corrected chi connectivity index (χ2v) is 3.95. The summed E-state index contributed by atoms with van der Waals surface area (Å²) >= 11 is 2.21. The topological polar surface area (TPSA) is 25.8 Å². The Bertz CT molecular complexity index is 238. The zero-order valence-electron chi connectivity index (χ0n) is 6.93. The van der Waals surface area contributed by atoms with E-state index in [0.717, 1.165) is 15.2 Å². The molecule has 0 fully saturated rings. The molecule has 11 heavy (non-hydrogen) atoms. The summed E-state index contributed by atoms with van der Waals surface area (Å²) in [4.78, 5) is 8.63. The van der Waals surface area contributed by atoms with Crippen LogP contribution in [0.15, 0.2) is 6.07 Å². The normalized spacial score (nSPS) is 10.6. The van der Waals surface area contributed by atoms with Crippen molar-refractivity contribution in [1.29, 1.82) is 0 Å². The third kappa shape index (κ3) is 2.39. The molecule has 0 atom stereocenters. The number of halogens is 1. The molecule has 1 rings (SSSR count). The van der Waals surface area contributed by atoms with Crippen molar-refractivity contribution in [3.63, 3.8) is 0 Å². The number of aromatic nitrogens is 2. The van der Waals surface area contributed by atoms with E-state index in [0.29, 0.717) is 5.92 Å². The Kier molecular flexibility index (Phi) is 2.81. The first-order chi connectivity index (χ1) is 5.09. The maximum Gasteiger partial charge on any atom is 0.132 e. The molecule has 0 saturated heterocycles. The summed E-state index contributed by atoms with van der Waals surface area (Å²) in [7, 11) is 0. The van der Waals surface area contributed by atoms with Crippen molar-refractivity contribution >= 4 is 22.6 Å². The van der Waals surface area contributed by atoms with Crippen LogP contribution in [0.3, 0.4) is 0 Å². The van der Waals surface area contributed by atoms with Gasteiger partial charge >= 0.3 is 0 Å². The summed E-state index contributed by atoms with van der Waals surface area (Å²) in [6.45, 7) is 6.20. The zero-order chi connectivity index (χ0) is 8.43. The van der Waals surface area contributed by atoms with Crippen molar-refractivity contribution < 1.29 is 0 Å². The zero-order valence-corrected chi connectivity index (χ0v) is 9.08. The lowest BCUT2D eigenvalue weighted by atomic mass is 10.2. The number of aryl methyl sites for hydroxylation is 1. The van der Waals surface area contributed by atoms with Crippen molar-refractivity contribution in [2.45, 2.75) is 26.7 Å². The fraction of sp³-hybridized carbons (Fsp3) is 0.500. The maximum absolute atomic E-state index is 4.32. The standard InChI is InChI=1S/C8H11IN2/c1-5(2)8-10-6(3)4-7(9)11-8/h4-5H,1-3H3. The van der Waals surface area contributed by atoms with Crippen LogP contribution in [0.1, 0.15) is 31.3 Å². The average Bonchev–Trinajstić information content (AvgIpc) is 1.85. The molecule has 0 spiro atoms. The molecule has 0 unspecified atom stereocenters. The fourth-order valence-electron chi connectivity index (χ4n) is 0.810. The first kappa shape index (κ1) is 8.90. The second-order valence-electron chi connectivity index (χ2n) is 2.84. The minimum Gasteiger partial charge on any atom is -0.238 e. The van der Waals surface area contributed by atoms with Gasteiger partial charge in [0.15, 0.2) is 0 Å². The highest BCUT2D eigenvalue weighted by Crippen LogP contribution is 2.11. The van der Waals surface area contributed by atoms with E-state index < -0.39 is 0 Å². The van der Waals surface area contributed by atoms with Crippen molar-refractivity contribution in [2.24, 2.45) is 0 Å². The Hall–Kier alpha value is -0.190. The van der Waals surface area contributed by atoms with Gasteiger partial charge in [-0.1, -0.05) is 13.8 Å². The Morgan fingerprint density at radius 1 is 1.36 bits per heavy atom. The van der Waals surface area contributed by atoms with Gasteiger partial charge in [-0.25, -0.2) is 9.97 Å². The smallest absolute Gasteiger partial charge is 0.132 e. The molecule has 0 aliphatic heterocycles. The molecular weight excluding hydrogens is 251 g/mol. The summed E-state index contributed by atoms with van der Waals surface area (Å²) in [6.07, 6.45) is 0. The van der Waals surface area contributed by atoms with Gasteiger partial charge in [-0.15, -0.1) is 0 Å². The highest BCUT2D eigenvalue weighted by Gasteiger charge is 2.03. The third-order valence-corrected chi connectivity index (χ3v) is 1.91. The van der Waals surface area contributed by atoms with Crippen LogP contribution < -0.4 is 0 Å². The van der Waals surface area contributed by atoms with Gasteiger partial charge in [0.05, 0.1) is 0 Å². The highest BCUT2D eigenvalue weighted by atomic mass is 127. The number of rotatable bonds is 1. The van der Waals surface area contributed by atoms with Gasteiger partial charge < -0.3 is 0 Å². The van der Waals surface area contributed by atoms with Crippen LogP contribution in [0.2, 0.25) is 0 Å². The molecule has 1 aromatic heterocycles. The third-order valence-electron chi connectivity index (χ3n) is 1.36. The van der Waals surface area contributed by atoms with Gasteiger partial charge in [-0.3, -0.25) is 0 Å². The van der Waals surface area contributed by atoms with Gasteiger partial charge in [0.1, 0.15) is 9.53 Å². The molecule has 60 valence electrons. The minimum absolute atomic E-state index is 0.420. The first-order valence-electron chi connectivity index (χ1n) is 3.60. The van der Waals surface area contributed by atoms with Crippen LogP contribution in [-0.2, 0) is 0 Å². The number of nitrogens with zero attached hydrogens (tertiary/aromatic N) is 2. The molecular formula is C8H11IN2. The molecule has 0 amide bonds. The minimum atomic E-state index is 0.420. The maximum atomic E-state index is 4.32. The van der Waals surface area contributed by atoms with Gasteiger partial charge in [-0.05, 0) is 35.6 Å². The van der Waals surface area contributed by atoms with E-state index >= 15 is 0 Å². The predicted octanol–water partition coefficient (Wildman–Crippen LogP) is 2.51. The first-order valence-corrected chi connectivity index (χ1v) is 4.68.